The zero-order chi connectivity index (χ0) is 15.8. The van der Waals surface area contributed by atoms with Crippen molar-refractivity contribution in [1.29, 1.82) is 0 Å². The summed E-state index contributed by atoms with van der Waals surface area (Å²) in [5.41, 5.74) is 6.48. The van der Waals surface area contributed by atoms with E-state index >= 15 is 0 Å². The van der Waals surface area contributed by atoms with Crippen LogP contribution in [0, 0.1) is 0 Å². The van der Waals surface area contributed by atoms with Gasteiger partial charge in [-0.3, -0.25) is 4.79 Å². The second kappa shape index (κ2) is 5.83. The van der Waals surface area contributed by atoms with Gasteiger partial charge in [-0.2, -0.15) is 0 Å². The number of fused-ring (bicyclic) bond motifs is 1. The molecule has 0 aliphatic carbocycles. The average molecular weight is 326 g/mol. The number of anilines is 1. The second-order valence-corrected chi connectivity index (χ2v) is 7.36. The zero-order valence-electron chi connectivity index (χ0n) is 12.7. The summed E-state index contributed by atoms with van der Waals surface area (Å²) >= 11 is 7.35. The monoisotopic (exact) mass is 325 g/mol. The molecule has 1 aromatic carbocycles. The lowest BCUT2D eigenvalue weighted by Crippen LogP contribution is -2.48. The van der Waals surface area contributed by atoms with Crippen LogP contribution in [0.3, 0.4) is 0 Å². The first kappa shape index (κ1) is 16.1. The molecule has 0 aliphatic heterocycles. The predicted molar refractivity (Wildman–Crippen MR) is 91.3 cm³/mol. The molecule has 0 fully saturated rings. The molecule has 0 radical (unpaired) electrons. The molecule has 0 atom stereocenters. The molecule has 0 bridgehead atoms. The predicted octanol–water partition coefficient (Wildman–Crippen LogP) is 3.21. The third-order valence-corrected chi connectivity index (χ3v) is 5.19. The summed E-state index contributed by atoms with van der Waals surface area (Å²) in [4.78, 5) is 15.0. The van der Waals surface area contributed by atoms with E-state index in [0.29, 0.717) is 22.1 Å². The van der Waals surface area contributed by atoms with Crippen molar-refractivity contribution in [3.8, 4) is 0 Å². The first-order chi connectivity index (χ1) is 9.72. The van der Waals surface area contributed by atoms with Crippen molar-refractivity contribution in [3.05, 3.63) is 28.1 Å². The van der Waals surface area contributed by atoms with E-state index < -0.39 is 0 Å². The molecular weight excluding hydrogens is 306 g/mol. The Balaban J connectivity index is 2.22. The van der Waals surface area contributed by atoms with Crippen LogP contribution in [0.1, 0.15) is 23.5 Å². The number of benzene rings is 1. The van der Waals surface area contributed by atoms with Crippen LogP contribution >= 0.6 is 22.9 Å². The fourth-order valence-corrected chi connectivity index (χ4v) is 3.11. The Kier molecular flexibility index (Phi) is 4.46. The summed E-state index contributed by atoms with van der Waals surface area (Å²) in [6.45, 7) is 4.69. The smallest absolute Gasteiger partial charge is 0.263 e. The van der Waals surface area contributed by atoms with Gasteiger partial charge in [-0.1, -0.05) is 11.6 Å². The number of nitrogens with zero attached hydrogens (tertiary/aromatic N) is 1. The third kappa shape index (κ3) is 3.31. The van der Waals surface area contributed by atoms with Crippen molar-refractivity contribution in [2.24, 2.45) is 0 Å². The van der Waals surface area contributed by atoms with Crippen LogP contribution in [-0.2, 0) is 0 Å². The molecule has 0 unspecified atom stereocenters. The Hall–Kier alpha value is -1.30. The Morgan fingerprint density at radius 2 is 2.10 bits per heavy atom. The van der Waals surface area contributed by atoms with Crippen LogP contribution in [0.4, 0.5) is 5.69 Å². The highest BCUT2D eigenvalue weighted by Crippen LogP contribution is 2.35. The van der Waals surface area contributed by atoms with Crippen molar-refractivity contribution in [1.82, 2.24) is 10.2 Å². The molecule has 0 spiro atoms. The summed E-state index contributed by atoms with van der Waals surface area (Å²) in [6, 6.07) is 5.46. The van der Waals surface area contributed by atoms with Gasteiger partial charge in [0.25, 0.3) is 5.91 Å². The van der Waals surface area contributed by atoms with Crippen molar-refractivity contribution in [3.63, 3.8) is 0 Å². The molecule has 21 heavy (non-hydrogen) atoms. The number of thiophene rings is 1. The summed E-state index contributed by atoms with van der Waals surface area (Å²) in [6.07, 6.45) is 0. The minimum atomic E-state index is -0.139. The maximum absolute atomic E-state index is 12.4. The van der Waals surface area contributed by atoms with Crippen LogP contribution in [-0.4, -0.2) is 37.0 Å². The number of carbonyl (C=O) groups excluding carboxylic acids is 1. The van der Waals surface area contributed by atoms with Gasteiger partial charge in [-0.15, -0.1) is 11.3 Å². The van der Waals surface area contributed by atoms with E-state index in [9.17, 15) is 4.79 Å². The van der Waals surface area contributed by atoms with Crippen LogP contribution in [0.15, 0.2) is 18.2 Å². The molecule has 114 valence electrons. The van der Waals surface area contributed by atoms with Gasteiger partial charge in [0.1, 0.15) is 4.88 Å². The minimum Gasteiger partial charge on any atom is -0.397 e. The Labute approximate surface area is 133 Å². The molecule has 0 saturated heterocycles. The number of rotatable bonds is 4. The van der Waals surface area contributed by atoms with Crippen LogP contribution in [0.2, 0.25) is 5.02 Å². The van der Waals surface area contributed by atoms with Gasteiger partial charge in [0.15, 0.2) is 0 Å². The van der Waals surface area contributed by atoms with Gasteiger partial charge < -0.3 is 16.0 Å². The Bertz CT molecular complexity index is 679. The zero-order valence-corrected chi connectivity index (χ0v) is 14.2. The van der Waals surface area contributed by atoms with Crippen molar-refractivity contribution < 1.29 is 4.79 Å². The van der Waals surface area contributed by atoms with Gasteiger partial charge in [0, 0.05) is 27.2 Å². The van der Waals surface area contributed by atoms with E-state index in [2.05, 4.69) is 24.1 Å². The second-order valence-electron chi connectivity index (χ2n) is 5.87. The normalized spacial score (nSPS) is 12.1. The average Bonchev–Trinajstić information content (AvgIpc) is 2.72. The lowest BCUT2D eigenvalue weighted by atomic mass is 10.0. The molecule has 1 aromatic heterocycles. The summed E-state index contributed by atoms with van der Waals surface area (Å²) < 4.78 is 0.928. The summed E-state index contributed by atoms with van der Waals surface area (Å²) in [5, 5.41) is 4.47. The van der Waals surface area contributed by atoms with Crippen LogP contribution in [0.25, 0.3) is 10.1 Å². The lowest BCUT2D eigenvalue weighted by molar-refractivity contribution is 0.0924. The lowest BCUT2D eigenvalue weighted by Gasteiger charge is -2.32. The number of hydrogen-bond donors (Lipinski definition) is 2. The fraction of sp³-hybridized carbons (Fsp3) is 0.400. The number of likely N-dealkylation sites (N-methyl/N-ethyl adjacent to an activating group) is 1. The highest BCUT2D eigenvalue weighted by atomic mass is 35.5. The van der Waals surface area contributed by atoms with Gasteiger partial charge in [0.05, 0.1) is 5.69 Å². The number of nitrogens with one attached hydrogen (secondary N) is 1. The van der Waals surface area contributed by atoms with E-state index in [0.717, 1.165) is 10.1 Å². The fourth-order valence-electron chi connectivity index (χ4n) is 1.79. The molecular formula is C15H20ClN3OS. The summed E-state index contributed by atoms with van der Waals surface area (Å²) in [7, 11) is 3.98. The van der Waals surface area contributed by atoms with Gasteiger partial charge in [-0.25, -0.2) is 0 Å². The molecule has 4 nitrogen and oxygen atoms in total. The number of amides is 1. The number of hydrogen-bond acceptors (Lipinski definition) is 4. The SMILES string of the molecule is CN(C)C(C)(C)CNC(=O)c1sc2cc(Cl)ccc2c1N. The highest BCUT2D eigenvalue weighted by Gasteiger charge is 2.23. The topological polar surface area (TPSA) is 58.4 Å². The van der Waals surface area contributed by atoms with E-state index in [1.807, 2.05) is 26.2 Å². The number of nitrogen functional groups attached to an aromatic ring is 1. The van der Waals surface area contributed by atoms with Crippen molar-refractivity contribution in [2.45, 2.75) is 19.4 Å². The number of nitrogens with two attached hydrogens (primary N) is 1. The highest BCUT2D eigenvalue weighted by molar-refractivity contribution is 7.21. The molecule has 0 aliphatic rings. The van der Waals surface area contributed by atoms with Gasteiger partial charge in [-0.05, 0) is 46.1 Å². The molecule has 2 aromatic rings. The first-order valence-corrected chi connectivity index (χ1v) is 7.85. The molecule has 6 heteroatoms. The van der Waals surface area contributed by atoms with Crippen LogP contribution < -0.4 is 11.1 Å². The first-order valence-electron chi connectivity index (χ1n) is 6.65. The Morgan fingerprint density at radius 1 is 1.43 bits per heavy atom. The van der Waals surface area contributed by atoms with E-state index in [1.54, 1.807) is 6.07 Å². The number of carbonyl (C=O) groups is 1. The largest absolute Gasteiger partial charge is 0.397 e. The van der Waals surface area contributed by atoms with Crippen LogP contribution in [0.5, 0.6) is 0 Å². The minimum absolute atomic E-state index is 0.121. The molecule has 1 heterocycles. The quantitative estimate of drug-likeness (QED) is 0.907. The van der Waals surface area contributed by atoms with E-state index in [1.165, 1.54) is 11.3 Å². The summed E-state index contributed by atoms with van der Waals surface area (Å²) in [5.74, 6) is -0.139. The van der Waals surface area contributed by atoms with Crippen molar-refractivity contribution in [2.75, 3.05) is 26.4 Å². The maximum Gasteiger partial charge on any atom is 0.263 e. The number of halogens is 1. The van der Waals surface area contributed by atoms with Gasteiger partial charge >= 0.3 is 0 Å². The third-order valence-electron chi connectivity index (χ3n) is 3.79. The molecule has 1 amide bonds. The molecule has 0 saturated carbocycles. The van der Waals surface area contributed by atoms with E-state index in [4.69, 9.17) is 17.3 Å². The maximum atomic E-state index is 12.4. The standard InChI is InChI=1S/C15H20ClN3OS/c1-15(2,19(3)4)8-18-14(20)13-12(17)10-6-5-9(16)7-11(10)21-13/h5-7H,8,17H2,1-4H3,(H,18,20). The van der Waals surface area contributed by atoms with E-state index in [-0.39, 0.29) is 11.4 Å². The molecule has 3 N–H and O–H groups in total. The Morgan fingerprint density at radius 3 is 2.71 bits per heavy atom. The van der Waals surface area contributed by atoms with Crippen molar-refractivity contribution >= 4 is 44.6 Å². The molecule has 2 rings (SSSR count). The van der Waals surface area contributed by atoms with Gasteiger partial charge in [0.2, 0.25) is 0 Å².